The molecule has 0 aliphatic carbocycles. The van der Waals surface area contributed by atoms with Crippen molar-refractivity contribution in [3.63, 3.8) is 0 Å². The van der Waals surface area contributed by atoms with Crippen LogP contribution >= 0.6 is 0 Å². The number of pyridine rings is 1. The van der Waals surface area contributed by atoms with Gasteiger partial charge in [-0.3, -0.25) is 0 Å². The first-order valence-electron chi connectivity index (χ1n) is 6.88. The van der Waals surface area contributed by atoms with Gasteiger partial charge < -0.3 is 14.4 Å². The Balaban J connectivity index is 2.33. The van der Waals surface area contributed by atoms with Crippen molar-refractivity contribution in [1.29, 1.82) is 0 Å². The van der Waals surface area contributed by atoms with Crippen LogP contribution in [0, 0.1) is 5.92 Å². The number of aromatic hydroxyl groups is 1. The van der Waals surface area contributed by atoms with Crippen LogP contribution in [0.3, 0.4) is 0 Å². The summed E-state index contributed by atoms with van der Waals surface area (Å²) in [6, 6.07) is 3.30. The van der Waals surface area contributed by atoms with Crippen molar-refractivity contribution >= 4 is 16.9 Å². The highest BCUT2D eigenvalue weighted by molar-refractivity contribution is 5.92. The summed E-state index contributed by atoms with van der Waals surface area (Å²) in [7, 11) is 0. The summed E-state index contributed by atoms with van der Waals surface area (Å²) in [5.74, 6) is 0.311. The van der Waals surface area contributed by atoms with Crippen LogP contribution < -0.4 is 0 Å². The molecule has 0 amide bonds. The van der Waals surface area contributed by atoms with E-state index < -0.39 is 5.97 Å². The molecule has 0 saturated heterocycles. The number of hydrogen-bond acceptors (Lipinski definition) is 4. The Morgan fingerprint density at radius 1 is 1.45 bits per heavy atom. The summed E-state index contributed by atoms with van der Waals surface area (Å²) < 4.78 is 6.74. The molecule has 0 unspecified atom stereocenters. The third-order valence-corrected chi connectivity index (χ3v) is 3.18. The molecule has 0 fully saturated rings. The lowest BCUT2D eigenvalue weighted by Gasteiger charge is -2.09. The number of hydrogen-bond donors (Lipinski definition) is 1. The Labute approximate surface area is 118 Å². The third kappa shape index (κ3) is 2.92. The van der Waals surface area contributed by atoms with E-state index in [1.807, 2.05) is 4.57 Å². The molecule has 5 nitrogen and oxygen atoms in total. The molecular weight excluding hydrogens is 256 g/mol. The van der Waals surface area contributed by atoms with Crippen LogP contribution in [-0.4, -0.2) is 27.2 Å². The number of carbonyl (C=O) groups excluding carboxylic acids is 1. The van der Waals surface area contributed by atoms with E-state index in [-0.39, 0.29) is 11.6 Å². The van der Waals surface area contributed by atoms with Crippen molar-refractivity contribution in [2.45, 2.75) is 33.7 Å². The van der Waals surface area contributed by atoms with Gasteiger partial charge in [-0.25, -0.2) is 9.78 Å². The van der Waals surface area contributed by atoms with Crippen molar-refractivity contribution in [2.75, 3.05) is 6.61 Å². The fraction of sp³-hybridized carbons (Fsp3) is 0.467. The maximum atomic E-state index is 11.6. The first kappa shape index (κ1) is 14.4. The molecular formula is C15H20N2O3. The van der Waals surface area contributed by atoms with E-state index in [9.17, 15) is 9.90 Å². The van der Waals surface area contributed by atoms with Crippen LogP contribution in [-0.2, 0) is 11.3 Å². The monoisotopic (exact) mass is 276 g/mol. The van der Waals surface area contributed by atoms with Gasteiger partial charge in [0.2, 0.25) is 0 Å². The Morgan fingerprint density at radius 3 is 2.85 bits per heavy atom. The summed E-state index contributed by atoms with van der Waals surface area (Å²) in [6.07, 6.45) is 2.58. The standard InChI is InChI=1S/C15H20N2O3/c1-4-20-15(19)12-7-11-8-14(18)17(6-5-10(2)3)13(11)9-16-12/h7-10,18H,4-6H2,1-3H3. The fourth-order valence-electron chi connectivity index (χ4n) is 2.08. The SMILES string of the molecule is CCOC(=O)c1cc2cc(O)n(CCC(C)C)c2cn1. The zero-order chi connectivity index (χ0) is 14.7. The maximum absolute atomic E-state index is 11.6. The predicted octanol–water partition coefficient (Wildman–Crippen LogP) is 2.96. The number of rotatable bonds is 5. The molecule has 0 bridgehead atoms. The lowest BCUT2D eigenvalue weighted by molar-refractivity contribution is 0.0519. The zero-order valence-corrected chi connectivity index (χ0v) is 12.1. The minimum atomic E-state index is -0.441. The quantitative estimate of drug-likeness (QED) is 0.853. The number of aryl methyl sites for hydroxylation is 1. The van der Waals surface area contributed by atoms with Crippen LogP contribution in [0.1, 0.15) is 37.7 Å². The van der Waals surface area contributed by atoms with Crippen LogP contribution in [0.25, 0.3) is 10.9 Å². The second kappa shape index (κ2) is 5.94. The first-order chi connectivity index (χ1) is 9.52. The van der Waals surface area contributed by atoms with E-state index in [2.05, 4.69) is 18.8 Å². The topological polar surface area (TPSA) is 64.3 Å². The molecule has 2 rings (SSSR count). The fourth-order valence-corrected chi connectivity index (χ4v) is 2.08. The van der Waals surface area contributed by atoms with Gasteiger partial charge in [0.1, 0.15) is 5.69 Å². The summed E-state index contributed by atoms with van der Waals surface area (Å²) in [6.45, 7) is 7.08. The summed E-state index contributed by atoms with van der Waals surface area (Å²) >= 11 is 0. The van der Waals surface area contributed by atoms with Gasteiger partial charge in [0.25, 0.3) is 0 Å². The molecule has 1 N–H and O–H groups in total. The summed E-state index contributed by atoms with van der Waals surface area (Å²) in [4.78, 5) is 15.8. The normalized spacial score (nSPS) is 11.2. The van der Waals surface area contributed by atoms with E-state index >= 15 is 0 Å². The molecule has 2 heterocycles. The molecule has 0 saturated carbocycles. The van der Waals surface area contributed by atoms with Gasteiger partial charge in [0.05, 0.1) is 18.3 Å². The smallest absolute Gasteiger partial charge is 0.356 e. The Hall–Kier alpha value is -2.04. The predicted molar refractivity (Wildman–Crippen MR) is 76.8 cm³/mol. The van der Waals surface area contributed by atoms with Gasteiger partial charge in [0.15, 0.2) is 5.88 Å². The van der Waals surface area contributed by atoms with E-state index in [0.717, 1.165) is 23.9 Å². The van der Waals surface area contributed by atoms with Crippen LogP contribution in [0.4, 0.5) is 0 Å². The number of fused-ring (bicyclic) bond motifs is 1. The van der Waals surface area contributed by atoms with Gasteiger partial charge in [0, 0.05) is 18.0 Å². The summed E-state index contributed by atoms with van der Waals surface area (Å²) in [5, 5.41) is 10.8. The van der Waals surface area contributed by atoms with Crippen LogP contribution in [0.15, 0.2) is 18.3 Å². The number of carbonyl (C=O) groups is 1. The molecule has 2 aromatic heterocycles. The average Bonchev–Trinajstić information content (AvgIpc) is 2.71. The average molecular weight is 276 g/mol. The van der Waals surface area contributed by atoms with Crippen molar-refractivity contribution in [3.8, 4) is 5.88 Å². The van der Waals surface area contributed by atoms with E-state index in [1.165, 1.54) is 0 Å². The molecule has 0 atom stereocenters. The highest BCUT2D eigenvalue weighted by atomic mass is 16.5. The number of esters is 1. The molecule has 5 heteroatoms. The number of nitrogens with zero attached hydrogens (tertiary/aromatic N) is 2. The third-order valence-electron chi connectivity index (χ3n) is 3.18. The van der Waals surface area contributed by atoms with Crippen LogP contribution in [0.5, 0.6) is 5.88 Å². The van der Waals surface area contributed by atoms with Gasteiger partial charge in [-0.1, -0.05) is 13.8 Å². The van der Waals surface area contributed by atoms with Crippen molar-refractivity contribution < 1.29 is 14.6 Å². The highest BCUT2D eigenvalue weighted by Gasteiger charge is 2.13. The van der Waals surface area contributed by atoms with Gasteiger partial charge >= 0.3 is 5.97 Å². The second-order valence-electron chi connectivity index (χ2n) is 5.19. The molecule has 0 radical (unpaired) electrons. The van der Waals surface area contributed by atoms with Gasteiger partial charge in [-0.15, -0.1) is 0 Å². The minimum Gasteiger partial charge on any atom is -0.494 e. The van der Waals surface area contributed by atoms with Crippen molar-refractivity contribution in [3.05, 3.63) is 24.0 Å². The van der Waals surface area contributed by atoms with Gasteiger partial charge in [-0.2, -0.15) is 0 Å². The molecule has 2 aromatic rings. The van der Waals surface area contributed by atoms with Crippen molar-refractivity contribution in [1.82, 2.24) is 9.55 Å². The van der Waals surface area contributed by atoms with Gasteiger partial charge in [-0.05, 0) is 25.3 Å². The summed E-state index contributed by atoms with van der Waals surface area (Å²) in [5.41, 5.74) is 1.09. The van der Waals surface area contributed by atoms with Crippen LogP contribution in [0.2, 0.25) is 0 Å². The van der Waals surface area contributed by atoms with E-state index in [1.54, 1.807) is 25.3 Å². The van der Waals surface area contributed by atoms with E-state index in [4.69, 9.17) is 4.74 Å². The molecule has 0 spiro atoms. The molecule has 0 aromatic carbocycles. The first-order valence-corrected chi connectivity index (χ1v) is 6.88. The number of aromatic nitrogens is 2. The zero-order valence-electron chi connectivity index (χ0n) is 12.1. The molecule has 20 heavy (non-hydrogen) atoms. The lowest BCUT2D eigenvalue weighted by atomic mass is 10.1. The largest absolute Gasteiger partial charge is 0.494 e. The second-order valence-corrected chi connectivity index (χ2v) is 5.19. The number of ether oxygens (including phenoxy) is 1. The Kier molecular flexibility index (Phi) is 4.27. The Morgan fingerprint density at radius 2 is 2.20 bits per heavy atom. The lowest BCUT2D eigenvalue weighted by Crippen LogP contribution is -2.07. The van der Waals surface area contributed by atoms with E-state index in [0.29, 0.717) is 12.5 Å². The molecule has 0 aliphatic heterocycles. The molecule has 108 valence electrons. The highest BCUT2D eigenvalue weighted by Crippen LogP contribution is 2.25. The minimum absolute atomic E-state index is 0.198. The van der Waals surface area contributed by atoms with Crippen molar-refractivity contribution in [2.24, 2.45) is 5.92 Å². The maximum Gasteiger partial charge on any atom is 0.356 e. The molecule has 0 aliphatic rings. The Bertz CT molecular complexity index is 617.